The Bertz CT molecular complexity index is 1800. The standard InChI is InChI=1S/C43H49IN2O6/c1-3-10-28(21-30-22-36(44)41(47)38(23-30)50-2)15-16-37-39-31(26-51-33-13-8-5-9-14-33)24-34-40(35(39)27-52-37)43(49)46(42(34)48)32-17-19-45(20-18-32)25-29-11-6-4-7-12-29/h4-9,11-14,21-23,32,34-35,37,40,47H,3,10,15-20,24-27H2,1-2H3/b28-21+/t34-,35+,37-,40-/m1/s1. The number of amides is 2. The van der Waals surface area contributed by atoms with Crippen LogP contribution in [0.2, 0.25) is 0 Å². The van der Waals surface area contributed by atoms with Crippen LogP contribution in [0.25, 0.3) is 6.08 Å². The SMILES string of the molecule is CCC/C(=C\c1cc(I)c(O)c(OC)c1)CC[C@H]1OC[C@H]2C1=C(COc1ccccc1)C[C@H]1C(=O)N(C3CCN(Cc4ccccc4)CC3)C(=O)[C@H]12. The summed E-state index contributed by atoms with van der Waals surface area (Å²) in [7, 11) is 1.57. The molecule has 4 atom stereocenters. The predicted molar refractivity (Wildman–Crippen MR) is 210 cm³/mol. The molecule has 3 aromatic rings. The maximum absolute atomic E-state index is 14.4. The number of phenols is 1. The number of aromatic hydroxyl groups is 1. The lowest BCUT2D eigenvalue weighted by molar-refractivity contribution is -0.144. The first-order valence-electron chi connectivity index (χ1n) is 18.7. The summed E-state index contributed by atoms with van der Waals surface area (Å²) in [5.41, 5.74) is 5.86. The third-order valence-electron chi connectivity index (χ3n) is 11.3. The zero-order valence-electron chi connectivity index (χ0n) is 30.1. The quantitative estimate of drug-likeness (QED) is 0.106. The molecule has 1 N–H and O–H groups in total. The number of phenolic OH excluding ortho intramolecular Hbond substituents is 1. The summed E-state index contributed by atoms with van der Waals surface area (Å²) in [5, 5.41) is 10.4. The summed E-state index contributed by atoms with van der Waals surface area (Å²) in [6.07, 6.45) is 7.74. The number of para-hydroxylation sites is 1. The van der Waals surface area contributed by atoms with Crippen LogP contribution in [-0.4, -0.2) is 72.3 Å². The van der Waals surface area contributed by atoms with E-state index < -0.39 is 0 Å². The fraction of sp³-hybridized carbons (Fsp3) is 0.442. The van der Waals surface area contributed by atoms with Crippen molar-refractivity contribution in [1.29, 1.82) is 0 Å². The normalized spacial score (nSPS) is 24.0. The van der Waals surface area contributed by atoms with Crippen LogP contribution in [-0.2, 0) is 20.9 Å². The fourth-order valence-electron chi connectivity index (χ4n) is 8.83. The number of imide groups is 1. The summed E-state index contributed by atoms with van der Waals surface area (Å²) in [4.78, 5) is 32.7. The van der Waals surface area contributed by atoms with E-state index in [4.69, 9.17) is 14.2 Å². The number of fused-ring (bicyclic) bond motifs is 3. The Morgan fingerprint density at radius 3 is 2.42 bits per heavy atom. The van der Waals surface area contributed by atoms with Gasteiger partial charge < -0.3 is 19.3 Å². The molecule has 4 aliphatic rings. The van der Waals surface area contributed by atoms with E-state index in [0.717, 1.165) is 78.6 Å². The van der Waals surface area contributed by atoms with Crippen molar-refractivity contribution in [1.82, 2.24) is 9.80 Å². The molecule has 1 aliphatic carbocycles. The average molecular weight is 817 g/mol. The van der Waals surface area contributed by atoms with Crippen molar-refractivity contribution < 1.29 is 28.9 Å². The molecule has 3 aliphatic heterocycles. The number of hydrogen-bond donors (Lipinski definition) is 1. The van der Waals surface area contributed by atoms with Gasteiger partial charge in [0.2, 0.25) is 11.8 Å². The number of nitrogens with zero attached hydrogens (tertiary/aromatic N) is 2. The van der Waals surface area contributed by atoms with Crippen LogP contribution in [0.4, 0.5) is 0 Å². The van der Waals surface area contributed by atoms with Gasteiger partial charge in [0.05, 0.1) is 35.2 Å². The highest BCUT2D eigenvalue weighted by Gasteiger charge is 2.58. The van der Waals surface area contributed by atoms with Crippen molar-refractivity contribution in [2.75, 3.05) is 33.4 Å². The van der Waals surface area contributed by atoms with Gasteiger partial charge in [-0.2, -0.15) is 0 Å². The molecule has 0 spiro atoms. The number of halogens is 1. The summed E-state index contributed by atoms with van der Waals surface area (Å²) < 4.78 is 19.1. The Morgan fingerprint density at radius 1 is 0.981 bits per heavy atom. The van der Waals surface area contributed by atoms with Crippen LogP contribution in [0.15, 0.2) is 89.5 Å². The Balaban J connectivity index is 1.09. The highest BCUT2D eigenvalue weighted by molar-refractivity contribution is 14.1. The molecule has 0 saturated carbocycles. The molecule has 8 nitrogen and oxygen atoms in total. The monoisotopic (exact) mass is 816 g/mol. The van der Waals surface area contributed by atoms with Crippen molar-refractivity contribution in [2.24, 2.45) is 17.8 Å². The zero-order valence-corrected chi connectivity index (χ0v) is 32.3. The van der Waals surface area contributed by atoms with E-state index in [1.807, 2.05) is 48.5 Å². The van der Waals surface area contributed by atoms with Gasteiger partial charge in [0.25, 0.3) is 0 Å². The fourth-order valence-corrected chi connectivity index (χ4v) is 9.45. The van der Waals surface area contributed by atoms with Crippen LogP contribution in [0, 0.1) is 21.3 Å². The average Bonchev–Trinajstić information content (AvgIpc) is 3.70. The van der Waals surface area contributed by atoms with Gasteiger partial charge >= 0.3 is 0 Å². The first-order chi connectivity index (χ1) is 25.3. The molecule has 0 bridgehead atoms. The van der Waals surface area contributed by atoms with Crippen LogP contribution < -0.4 is 9.47 Å². The van der Waals surface area contributed by atoms with E-state index in [9.17, 15) is 14.7 Å². The lowest BCUT2D eigenvalue weighted by Crippen LogP contribution is -2.47. The minimum absolute atomic E-state index is 0.00580. The lowest BCUT2D eigenvalue weighted by Gasteiger charge is -2.36. The third-order valence-corrected chi connectivity index (χ3v) is 12.1. The number of rotatable bonds is 13. The Morgan fingerprint density at radius 2 is 1.71 bits per heavy atom. The molecule has 0 aromatic heterocycles. The molecule has 3 saturated heterocycles. The number of carbonyl (C=O) groups excluding carboxylic acids is 2. The van der Waals surface area contributed by atoms with Gasteiger partial charge in [-0.15, -0.1) is 0 Å². The maximum atomic E-state index is 14.4. The van der Waals surface area contributed by atoms with E-state index >= 15 is 0 Å². The first-order valence-corrected chi connectivity index (χ1v) is 19.8. The topological polar surface area (TPSA) is 88.5 Å². The molecule has 3 heterocycles. The molecular weight excluding hydrogens is 767 g/mol. The molecule has 3 fully saturated rings. The number of carbonyl (C=O) groups is 2. The van der Waals surface area contributed by atoms with Gasteiger partial charge in [0.15, 0.2) is 11.5 Å². The molecule has 0 unspecified atom stereocenters. The highest BCUT2D eigenvalue weighted by atomic mass is 127. The first kappa shape index (κ1) is 36.7. The van der Waals surface area contributed by atoms with Crippen molar-refractivity contribution in [3.05, 3.63) is 104 Å². The van der Waals surface area contributed by atoms with Crippen molar-refractivity contribution >= 4 is 40.5 Å². The second kappa shape index (κ2) is 16.6. The maximum Gasteiger partial charge on any atom is 0.234 e. The van der Waals surface area contributed by atoms with Crippen LogP contribution in [0.5, 0.6) is 17.2 Å². The number of piperidine rings is 1. The Hall–Kier alpha value is -3.67. The van der Waals surface area contributed by atoms with Crippen LogP contribution >= 0.6 is 22.6 Å². The minimum atomic E-state index is -0.382. The van der Waals surface area contributed by atoms with Gasteiger partial charge in [-0.05, 0) is 108 Å². The number of allylic oxidation sites excluding steroid dienone is 1. The van der Waals surface area contributed by atoms with Gasteiger partial charge in [0, 0.05) is 31.6 Å². The van der Waals surface area contributed by atoms with E-state index in [1.165, 1.54) is 16.7 Å². The molecule has 7 rings (SSSR count). The summed E-state index contributed by atoms with van der Waals surface area (Å²) in [5.74, 6) is 0.507. The number of ether oxygens (including phenoxy) is 3. The number of methoxy groups -OCH3 is 1. The van der Waals surface area contributed by atoms with E-state index in [-0.39, 0.29) is 47.5 Å². The number of likely N-dealkylation sites (tertiary alicyclic amines) is 2. The second-order valence-corrected chi connectivity index (χ2v) is 15.8. The number of hydrogen-bond acceptors (Lipinski definition) is 7. The van der Waals surface area contributed by atoms with E-state index in [1.54, 1.807) is 12.0 Å². The Labute approximate surface area is 321 Å². The lowest BCUT2D eigenvalue weighted by atomic mass is 9.69. The molecule has 52 heavy (non-hydrogen) atoms. The van der Waals surface area contributed by atoms with Crippen molar-refractivity contribution in [3.8, 4) is 17.2 Å². The minimum Gasteiger partial charge on any atom is -0.504 e. The van der Waals surface area contributed by atoms with Gasteiger partial charge in [0.1, 0.15) is 12.4 Å². The molecule has 3 aromatic carbocycles. The smallest absolute Gasteiger partial charge is 0.234 e. The largest absolute Gasteiger partial charge is 0.504 e. The molecule has 9 heteroatoms. The van der Waals surface area contributed by atoms with E-state index in [2.05, 4.69) is 64.8 Å². The third kappa shape index (κ3) is 7.82. The van der Waals surface area contributed by atoms with Gasteiger partial charge in [-0.25, -0.2) is 0 Å². The summed E-state index contributed by atoms with van der Waals surface area (Å²) in [6, 6.07) is 24.1. The predicted octanol–water partition coefficient (Wildman–Crippen LogP) is 8.03. The molecule has 274 valence electrons. The van der Waals surface area contributed by atoms with Crippen LogP contribution in [0.1, 0.15) is 63.0 Å². The highest BCUT2D eigenvalue weighted by Crippen LogP contribution is 2.51. The summed E-state index contributed by atoms with van der Waals surface area (Å²) in [6.45, 7) is 5.62. The van der Waals surface area contributed by atoms with Crippen molar-refractivity contribution in [3.63, 3.8) is 0 Å². The molecular formula is C43H49IN2O6. The van der Waals surface area contributed by atoms with Crippen LogP contribution in [0.3, 0.4) is 0 Å². The Kier molecular flexibility index (Phi) is 11.7. The van der Waals surface area contributed by atoms with Gasteiger partial charge in [-0.3, -0.25) is 19.4 Å². The zero-order chi connectivity index (χ0) is 36.2. The van der Waals surface area contributed by atoms with Gasteiger partial charge in [-0.1, -0.05) is 73.5 Å². The van der Waals surface area contributed by atoms with E-state index in [0.29, 0.717) is 25.4 Å². The number of benzene rings is 3. The molecule has 2 amide bonds. The molecule has 0 radical (unpaired) electrons. The summed E-state index contributed by atoms with van der Waals surface area (Å²) >= 11 is 2.13. The second-order valence-electron chi connectivity index (χ2n) is 14.6. The van der Waals surface area contributed by atoms with Crippen molar-refractivity contribution in [2.45, 2.75) is 70.6 Å².